The van der Waals surface area contributed by atoms with Gasteiger partial charge in [0.1, 0.15) is 10.6 Å². The Morgan fingerprint density at radius 2 is 1.75 bits per heavy atom. The van der Waals surface area contributed by atoms with Gasteiger partial charge in [0.25, 0.3) is 10.0 Å². The molecule has 0 radical (unpaired) electrons. The number of hydrogen-bond acceptors (Lipinski definition) is 5. The van der Waals surface area contributed by atoms with E-state index in [9.17, 15) is 21.6 Å². The van der Waals surface area contributed by atoms with Gasteiger partial charge in [0, 0.05) is 12.3 Å². The van der Waals surface area contributed by atoms with Gasteiger partial charge in [0.05, 0.1) is 27.5 Å². The lowest BCUT2D eigenvalue weighted by molar-refractivity contribution is -0.137. The maximum absolute atomic E-state index is 12.8. The predicted molar refractivity (Wildman–Crippen MR) is 97.2 cm³/mol. The first-order chi connectivity index (χ1) is 13.0. The van der Waals surface area contributed by atoms with Crippen molar-refractivity contribution in [2.24, 2.45) is 0 Å². The summed E-state index contributed by atoms with van der Waals surface area (Å²) in [6.45, 7) is 0. The highest BCUT2D eigenvalue weighted by Crippen LogP contribution is 2.42. The van der Waals surface area contributed by atoms with E-state index in [0.717, 1.165) is 6.07 Å². The Hall–Kier alpha value is -2.43. The fourth-order valence-corrected chi connectivity index (χ4v) is 4.04. The molecule has 6 nitrogen and oxygen atoms in total. The molecule has 0 saturated heterocycles. The van der Waals surface area contributed by atoms with Crippen LogP contribution in [0.3, 0.4) is 0 Å². The monoisotopic (exact) mass is 451 g/mol. The van der Waals surface area contributed by atoms with Crippen molar-refractivity contribution in [2.75, 3.05) is 5.73 Å². The normalized spacial score (nSPS) is 12.2. The zero-order valence-electron chi connectivity index (χ0n) is 13.6. The molecule has 148 valence electrons. The first-order valence-electron chi connectivity index (χ1n) is 7.39. The summed E-state index contributed by atoms with van der Waals surface area (Å²) in [4.78, 5) is -0.312. The van der Waals surface area contributed by atoms with Crippen LogP contribution in [0, 0.1) is 0 Å². The number of nitrogens with two attached hydrogens (primary N) is 1. The summed E-state index contributed by atoms with van der Waals surface area (Å²) in [6, 6.07) is 6.40. The minimum absolute atomic E-state index is 0.0523. The van der Waals surface area contributed by atoms with Gasteiger partial charge in [0.2, 0.25) is 0 Å². The molecule has 1 aromatic heterocycles. The number of alkyl halides is 3. The number of benzene rings is 2. The molecule has 0 amide bonds. The van der Waals surface area contributed by atoms with Gasteiger partial charge in [-0.05, 0) is 30.3 Å². The van der Waals surface area contributed by atoms with Crippen molar-refractivity contribution in [3.05, 3.63) is 64.4 Å². The largest absolute Gasteiger partial charge is 0.454 e. The lowest BCUT2D eigenvalue weighted by Crippen LogP contribution is -2.15. The van der Waals surface area contributed by atoms with Crippen LogP contribution in [0.25, 0.3) is 0 Å². The third-order valence-corrected chi connectivity index (χ3v) is 5.71. The van der Waals surface area contributed by atoms with Crippen molar-refractivity contribution < 1.29 is 26.3 Å². The molecule has 0 unspecified atom stereocenters. The Balaban J connectivity index is 2.02. The number of ether oxygens (including phenoxy) is 1. The fourth-order valence-electron chi connectivity index (χ4n) is 2.24. The van der Waals surface area contributed by atoms with Crippen molar-refractivity contribution in [1.29, 1.82) is 0 Å². The Morgan fingerprint density at radius 3 is 2.29 bits per heavy atom. The number of anilines is 1. The molecule has 0 fully saturated rings. The van der Waals surface area contributed by atoms with Gasteiger partial charge in [-0.3, -0.25) is 0 Å². The first kappa shape index (κ1) is 20.3. The lowest BCUT2D eigenvalue weighted by Gasteiger charge is -2.14. The van der Waals surface area contributed by atoms with Crippen LogP contribution in [-0.4, -0.2) is 17.6 Å². The van der Waals surface area contributed by atoms with Gasteiger partial charge in [-0.15, -0.1) is 0 Å². The Morgan fingerprint density at radius 1 is 1.11 bits per heavy atom. The molecule has 0 aliphatic rings. The van der Waals surface area contributed by atoms with E-state index in [1.54, 1.807) is 0 Å². The van der Waals surface area contributed by atoms with E-state index in [4.69, 9.17) is 33.7 Å². The summed E-state index contributed by atoms with van der Waals surface area (Å²) in [7, 11) is -4.10. The number of nitrogen functional groups attached to an aromatic ring is 1. The fraction of sp³-hybridized carbons (Fsp3) is 0.0625. The first-order valence-corrected chi connectivity index (χ1v) is 9.58. The molecule has 3 aromatic rings. The average Bonchev–Trinajstić information content (AvgIpc) is 3.13. The standard InChI is InChI=1S/C16H10Cl2F3N3O3S/c17-11-6-9(16(19,20)21)7-12(18)15(11)27-10-2-3-13(22)14(8-10)28(25,26)24-5-1-4-23-24/h1-8H,22H2. The lowest BCUT2D eigenvalue weighted by atomic mass is 10.2. The van der Waals surface area contributed by atoms with Crippen LogP contribution in [0.5, 0.6) is 11.5 Å². The zero-order valence-corrected chi connectivity index (χ0v) is 15.9. The molecule has 2 aromatic carbocycles. The summed E-state index contributed by atoms with van der Waals surface area (Å²) in [6.07, 6.45) is -2.15. The second-order valence-electron chi connectivity index (χ2n) is 5.45. The molecule has 0 aliphatic carbocycles. The second-order valence-corrected chi connectivity index (χ2v) is 8.03. The van der Waals surface area contributed by atoms with Crippen LogP contribution in [-0.2, 0) is 16.2 Å². The number of halogens is 5. The molecule has 0 aliphatic heterocycles. The third-order valence-electron chi connectivity index (χ3n) is 3.53. The maximum Gasteiger partial charge on any atom is 0.416 e. The van der Waals surface area contributed by atoms with Crippen molar-refractivity contribution in [3.8, 4) is 11.5 Å². The molecular formula is C16H10Cl2F3N3O3S. The van der Waals surface area contributed by atoms with E-state index in [1.807, 2.05) is 0 Å². The molecule has 3 rings (SSSR count). The van der Waals surface area contributed by atoms with Crippen molar-refractivity contribution in [1.82, 2.24) is 9.19 Å². The van der Waals surface area contributed by atoms with Gasteiger partial charge >= 0.3 is 6.18 Å². The summed E-state index contributed by atoms with van der Waals surface area (Å²) in [5.41, 5.74) is 4.63. The van der Waals surface area contributed by atoms with Crippen LogP contribution in [0.15, 0.2) is 53.7 Å². The minimum Gasteiger partial charge on any atom is -0.454 e. The molecule has 0 spiro atoms. The summed E-state index contributed by atoms with van der Waals surface area (Å²) in [5.74, 6) is -0.313. The van der Waals surface area contributed by atoms with Crippen molar-refractivity contribution in [3.63, 3.8) is 0 Å². The minimum atomic E-state index is -4.64. The quantitative estimate of drug-likeness (QED) is 0.574. The number of rotatable bonds is 4. The Bertz CT molecular complexity index is 1110. The second kappa shape index (κ2) is 7.19. The average molecular weight is 452 g/mol. The van der Waals surface area contributed by atoms with E-state index in [1.165, 1.54) is 30.6 Å². The van der Waals surface area contributed by atoms with Crippen LogP contribution < -0.4 is 10.5 Å². The molecular weight excluding hydrogens is 442 g/mol. The van der Waals surface area contributed by atoms with Crippen LogP contribution in [0.2, 0.25) is 10.0 Å². The zero-order chi connectivity index (χ0) is 20.7. The van der Waals surface area contributed by atoms with Crippen molar-refractivity contribution >= 4 is 38.9 Å². The number of nitrogens with zero attached hydrogens (tertiary/aromatic N) is 2. The van der Waals surface area contributed by atoms with E-state index in [-0.39, 0.29) is 22.1 Å². The van der Waals surface area contributed by atoms with E-state index >= 15 is 0 Å². The highest BCUT2D eigenvalue weighted by molar-refractivity contribution is 7.90. The van der Waals surface area contributed by atoms with Gasteiger partial charge in [0.15, 0.2) is 5.75 Å². The van der Waals surface area contributed by atoms with Gasteiger partial charge in [-0.25, -0.2) is 0 Å². The smallest absolute Gasteiger partial charge is 0.416 e. The summed E-state index contributed by atoms with van der Waals surface area (Å²) >= 11 is 11.7. The van der Waals surface area contributed by atoms with Gasteiger partial charge in [-0.2, -0.15) is 30.8 Å². The highest BCUT2D eigenvalue weighted by Gasteiger charge is 2.32. The van der Waals surface area contributed by atoms with Crippen LogP contribution in [0.1, 0.15) is 5.56 Å². The molecule has 0 bridgehead atoms. The summed E-state index contributed by atoms with van der Waals surface area (Å²) < 4.78 is 69.8. The van der Waals surface area contributed by atoms with E-state index < -0.39 is 31.8 Å². The van der Waals surface area contributed by atoms with E-state index in [0.29, 0.717) is 16.2 Å². The van der Waals surface area contributed by atoms with Gasteiger partial charge in [-0.1, -0.05) is 23.2 Å². The topological polar surface area (TPSA) is 87.2 Å². The Labute approximate surface area is 167 Å². The number of aromatic nitrogens is 2. The Kier molecular flexibility index (Phi) is 5.22. The maximum atomic E-state index is 12.8. The predicted octanol–water partition coefficient (Wildman–Crippen LogP) is 4.82. The molecule has 1 heterocycles. The van der Waals surface area contributed by atoms with Crippen LogP contribution >= 0.6 is 23.2 Å². The molecule has 0 atom stereocenters. The third kappa shape index (κ3) is 3.89. The molecule has 12 heteroatoms. The van der Waals surface area contributed by atoms with Crippen molar-refractivity contribution in [2.45, 2.75) is 11.1 Å². The van der Waals surface area contributed by atoms with Gasteiger partial charge < -0.3 is 10.5 Å². The SMILES string of the molecule is Nc1ccc(Oc2c(Cl)cc(C(F)(F)F)cc2Cl)cc1S(=O)(=O)n1cccn1. The summed E-state index contributed by atoms with van der Waals surface area (Å²) in [5, 5.41) is 2.87. The molecule has 2 N–H and O–H groups in total. The molecule has 0 saturated carbocycles. The van der Waals surface area contributed by atoms with Crippen LogP contribution in [0.4, 0.5) is 18.9 Å². The molecule has 28 heavy (non-hydrogen) atoms. The number of hydrogen-bond donors (Lipinski definition) is 1. The highest BCUT2D eigenvalue weighted by atomic mass is 35.5. The van der Waals surface area contributed by atoms with E-state index in [2.05, 4.69) is 5.10 Å².